The Hall–Kier alpha value is -2.65. The summed E-state index contributed by atoms with van der Waals surface area (Å²) in [4.78, 5) is 65.6. The lowest BCUT2D eigenvalue weighted by atomic mass is 9.82. The monoisotopic (exact) mass is 532 g/mol. The van der Waals surface area contributed by atoms with Crippen LogP contribution in [-0.2, 0) is 23.9 Å². The number of carbonyl (C=O) groups excluding carboxylic acids is 5. The van der Waals surface area contributed by atoms with Gasteiger partial charge in [0.1, 0.15) is 17.7 Å². The molecule has 4 N–H and O–H groups in total. The van der Waals surface area contributed by atoms with Crippen LogP contribution >= 0.6 is 0 Å². The third-order valence-corrected chi connectivity index (χ3v) is 8.67. The molecule has 0 aromatic rings. The number of alkyl carbamates (subject to hydrolysis) is 1. The molecule has 4 rings (SSSR count). The van der Waals surface area contributed by atoms with Crippen molar-refractivity contribution in [3.63, 3.8) is 0 Å². The average Bonchev–Trinajstić information content (AvgIpc) is 3.35. The van der Waals surface area contributed by atoms with Crippen LogP contribution in [0, 0.1) is 23.7 Å². The Morgan fingerprint density at radius 2 is 1.55 bits per heavy atom. The van der Waals surface area contributed by atoms with Gasteiger partial charge in [-0.1, -0.05) is 38.5 Å². The SMILES string of the molecule is CC(C)(C)OC(=O)N[C@H](C(=O)N1CCC[C@H]1C(=O)NC(CC1CC1)C(=O)C(N)=O)C1CC2CCCCC2C1. The van der Waals surface area contributed by atoms with Crippen molar-refractivity contribution < 1.29 is 28.7 Å². The van der Waals surface area contributed by atoms with Crippen LogP contribution in [-0.4, -0.2) is 64.8 Å². The molecule has 5 atom stereocenters. The van der Waals surface area contributed by atoms with E-state index < -0.39 is 47.4 Å². The van der Waals surface area contributed by atoms with Crippen LogP contribution in [0.15, 0.2) is 0 Å². The van der Waals surface area contributed by atoms with Crippen LogP contribution in [0.4, 0.5) is 4.79 Å². The summed E-state index contributed by atoms with van der Waals surface area (Å²) in [6.07, 6.45) is 9.18. The third-order valence-electron chi connectivity index (χ3n) is 8.67. The first-order chi connectivity index (χ1) is 17.9. The highest BCUT2D eigenvalue weighted by atomic mass is 16.6. The number of nitrogens with zero attached hydrogens (tertiary/aromatic N) is 1. The van der Waals surface area contributed by atoms with E-state index in [4.69, 9.17) is 10.5 Å². The summed E-state index contributed by atoms with van der Waals surface area (Å²) in [6, 6.07) is -2.52. The number of rotatable bonds is 9. The molecule has 4 aliphatic rings. The van der Waals surface area contributed by atoms with Gasteiger partial charge in [0.25, 0.3) is 5.91 Å². The van der Waals surface area contributed by atoms with Gasteiger partial charge in [-0.25, -0.2) is 4.79 Å². The van der Waals surface area contributed by atoms with Crippen LogP contribution < -0.4 is 16.4 Å². The normalized spacial score (nSPS) is 28.7. The number of fused-ring (bicyclic) bond motifs is 1. The fourth-order valence-corrected chi connectivity index (χ4v) is 6.71. The molecule has 0 spiro atoms. The molecule has 0 radical (unpaired) electrons. The molecule has 3 saturated carbocycles. The minimum Gasteiger partial charge on any atom is -0.444 e. The molecule has 4 amide bonds. The number of ether oxygens (including phenoxy) is 1. The zero-order valence-corrected chi connectivity index (χ0v) is 23.0. The second-order valence-corrected chi connectivity index (χ2v) is 12.8. The van der Waals surface area contributed by atoms with Crippen molar-refractivity contribution in [2.24, 2.45) is 29.4 Å². The molecule has 3 aliphatic carbocycles. The Bertz CT molecular complexity index is 928. The fraction of sp³-hybridized carbons (Fsp3) is 0.821. The van der Waals surface area contributed by atoms with E-state index in [-0.39, 0.29) is 11.8 Å². The lowest BCUT2D eigenvalue weighted by molar-refractivity contribution is -0.143. The molecule has 1 heterocycles. The van der Waals surface area contributed by atoms with E-state index in [1.165, 1.54) is 12.8 Å². The minimum atomic E-state index is -1.07. The lowest BCUT2D eigenvalue weighted by Gasteiger charge is -2.32. The molecule has 10 heteroatoms. The molecule has 38 heavy (non-hydrogen) atoms. The van der Waals surface area contributed by atoms with Crippen molar-refractivity contribution in [2.75, 3.05) is 6.54 Å². The van der Waals surface area contributed by atoms with Gasteiger partial charge < -0.3 is 26.0 Å². The first kappa shape index (κ1) is 28.4. The van der Waals surface area contributed by atoms with Gasteiger partial charge in [0.2, 0.25) is 17.6 Å². The van der Waals surface area contributed by atoms with Crippen LogP contribution in [0.25, 0.3) is 0 Å². The van der Waals surface area contributed by atoms with Crippen LogP contribution in [0.1, 0.15) is 91.4 Å². The average molecular weight is 533 g/mol. The highest BCUT2D eigenvalue weighted by molar-refractivity contribution is 6.37. The van der Waals surface area contributed by atoms with E-state index in [1.807, 2.05) is 0 Å². The highest BCUT2D eigenvalue weighted by Crippen LogP contribution is 2.46. The summed E-state index contributed by atoms with van der Waals surface area (Å²) in [5, 5.41) is 5.59. The number of hydrogen-bond donors (Lipinski definition) is 3. The standard InChI is InChI=1S/C28H44N4O6/c1-28(2,3)38-27(37)31-22(19-14-17-7-4-5-8-18(17)15-19)26(36)32-12-6-9-21(32)25(35)30-20(13-16-10-11-16)23(33)24(29)34/h16-22H,4-15H2,1-3H3,(H2,29,34)(H,30,35)(H,31,37)/t17?,18?,19?,20?,21-,22-/m0/s1. The molecule has 4 fully saturated rings. The maximum Gasteiger partial charge on any atom is 0.408 e. The maximum atomic E-state index is 14.0. The number of carbonyl (C=O) groups is 5. The molecule has 0 aromatic carbocycles. The van der Waals surface area contributed by atoms with Gasteiger partial charge in [0.05, 0.1) is 6.04 Å². The number of primary amides is 1. The predicted octanol–water partition coefficient (Wildman–Crippen LogP) is 2.43. The van der Waals surface area contributed by atoms with Gasteiger partial charge >= 0.3 is 6.09 Å². The van der Waals surface area contributed by atoms with Crippen LogP contribution in [0.5, 0.6) is 0 Å². The Morgan fingerprint density at radius 1 is 0.921 bits per heavy atom. The molecule has 1 aliphatic heterocycles. The van der Waals surface area contributed by atoms with E-state index in [0.717, 1.165) is 38.5 Å². The second kappa shape index (κ2) is 11.6. The molecular weight excluding hydrogens is 488 g/mol. The van der Waals surface area contributed by atoms with Crippen molar-refractivity contribution in [2.45, 2.75) is 115 Å². The second-order valence-electron chi connectivity index (χ2n) is 12.8. The number of amides is 4. The summed E-state index contributed by atoms with van der Waals surface area (Å²) < 4.78 is 5.50. The summed E-state index contributed by atoms with van der Waals surface area (Å²) in [6.45, 7) is 5.72. The smallest absolute Gasteiger partial charge is 0.408 e. The molecule has 0 bridgehead atoms. The molecule has 0 aromatic heterocycles. The number of ketones is 1. The largest absolute Gasteiger partial charge is 0.444 e. The minimum absolute atomic E-state index is 0.0218. The van der Waals surface area contributed by atoms with Gasteiger partial charge in [0.15, 0.2) is 0 Å². The molecule has 212 valence electrons. The number of nitrogens with one attached hydrogen (secondary N) is 2. The molecule has 10 nitrogen and oxygen atoms in total. The number of nitrogens with two attached hydrogens (primary N) is 1. The van der Waals surface area contributed by atoms with E-state index in [0.29, 0.717) is 43.6 Å². The van der Waals surface area contributed by atoms with Crippen molar-refractivity contribution in [3.05, 3.63) is 0 Å². The van der Waals surface area contributed by atoms with Crippen LogP contribution in [0.3, 0.4) is 0 Å². The third kappa shape index (κ3) is 7.05. The lowest BCUT2D eigenvalue weighted by Crippen LogP contribution is -2.57. The van der Waals surface area contributed by atoms with Gasteiger partial charge in [-0.05, 0) is 76.5 Å². The molecule has 3 unspecified atom stereocenters. The zero-order chi connectivity index (χ0) is 27.6. The maximum absolute atomic E-state index is 14.0. The molecule has 1 saturated heterocycles. The number of hydrogen-bond acceptors (Lipinski definition) is 6. The van der Waals surface area contributed by atoms with Crippen molar-refractivity contribution >= 4 is 29.6 Å². The summed E-state index contributed by atoms with van der Waals surface area (Å²) in [7, 11) is 0. The van der Waals surface area contributed by atoms with Gasteiger partial charge in [0, 0.05) is 6.54 Å². The van der Waals surface area contributed by atoms with E-state index in [9.17, 15) is 24.0 Å². The van der Waals surface area contributed by atoms with Crippen molar-refractivity contribution in [1.82, 2.24) is 15.5 Å². The Morgan fingerprint density at radius 3 is 2.11 bits per heavy atom. The fourth-order valence-electron chi connectivity index (χ4n) is 6.71. The quantitative estimate of drug-likeness (QED) is 0.389. The van der Waals surface area contributed by atoms with Crippen molar-refractivity contribution in [1.29, 1.82) is 0 Å². The number of likely N-dealkylation sites (tertiary alicyclic amines) is 1. The van der Waals surface area contributed by atoms with E-state index in [2.05, 4.69) is 10.6 Å². The Kier molecular flexibility index (Phi) is 8.67. The van der Waals surface area contributed by atoms with Crippen molar-refractivity contribution in [3.8, 4) is 0 Å². The van der Waals surface area contributed by atoms with E-state index in [1.54, 1.807) is 25.7 Å². The van der Waals surface area contributed by atoms with Gasteiger partial charge in [-0.3, -0.25) is 19.2 Å². The molecular formula is C28H44N4O6. The Balaban J connectivity index is 1.49. The van der Waals surface area contributed by atoms with Gasteiger partial charge in [-0.2, -0.15) is 0 Å². The number of Topliss-reactive ketones (excluding diaryl/α,β-unsaturated/α-hetero) is 1. The Labute approximate surface area is 225 Å². The summed E-state index contributed by atoms with van der Waals surface area (Å²) in [5.41, 5.74) is 4.52. The first-order valence-corrected chi connectivity index (χ1v) is 14.4. The summed E-state index contributed by atoms with van der Waals surface area (Å²) in [5.74, 6) is -1.22. The predicted molar refractivity (Wildman–Crippen MR) is 140 cm³/mol. The summed E-state index contributed by atoms with van der Waals surface area (Å²) >= 11 is 0. The van der Waals surface area contributed by atoms with E-state index >= 15 is 0 Å². The van der Waals surface area contributed by atoms with Crippen LogP contribution in [0.2, 0.25) is 0 Å². The zero-order valence-electron chi connectivity index (χ0n) is 23.0. The highest BCUT2D eigenvalue weighted by Gasteiger charge is 2.46. The topological polar surface area (TPSA) is 148 Å². The first-order valence-electron chi connectivity index (χ1n) is 14.4. The van der Waals surface area contributed by atoms with Gasteiger partial charge in [-0.15, -0.1) is 0 Å².